The van der Waals surface area contributed by atoms with E-state index in [1.807, 2.05) is 0 Å². The lowest BCUT2D eigenvalue weighted by molar-refractivity contribution is -0.127. The average molecular weight is 258 g/mol. The smallest absolute Gasteiger partial charge is 0.157 e. The first-order valence-electron chi connectivity index (χ1n) is 5.68. The van der Waals surface area contributed by atoms with E-state index in [9.17, 15) is 9.18 Å². The largest absolute Gasteiger partial charge is 0.304 e. The summed E-state index contributed by atoms with van der Waals surface area (Å²) in [4.78, 5) is 12.1. The molecule has 4 heteroatoms. The van der Waals surface area contributed by atoms with Gasteiger partial charge in [0.2, 0.25) is 0 Å². The van der Waals surface area contributed by atoms with E-state index in [0.717, 1.165) is 12.8 Å². The molecule has 1 aromatic rings. The monoisotopic (exact) mass is 257 g/mol. The van der Waals surface area contributed by atoms with Crippen LogP contribution in [-0.2, 0) is 10.3 Å². The molecule has 0 aromatic heterocycles. The van der Waals surface area contributed by atoms with E-state index in [-0.39, 0.29) is 24.0 Å². The van der Waals surface area contributed by atoms with Crippen molar-refractivity contribution >= 4 is 18.2 Å². The molecule has 2 rings (SSSR count). The summed E-state index contributed by atoms with van der Waals surface area (Å²) in [5.41, 5.74) is -0.314. The highest BCUT2D eigenvalue weighted by Gasteiger charge is 2.41. The first kappa shape index (κ1) is 14.1. The molecule has 1 aliphatic rings. The van der Waals surface area contributed by atoms with Crippen LogP contribution in [-0.4, -0.2) is 12.8 Å². The molecule has 1 aliphatic carbocycles. The summed E-state index contributed by atoms with van der Waals surface area (Å²) in [7, 11) is 1.73. The lowest BCUT2D eigenvalue weighted by Crippen LogP contribution is -2.49. The molecule has 0 heterocycles. The number of halogens is 2. The van der Waals surface area contributed by atoms with Crippen molar-refractivity contribution in [2.45, 2.75) is 31.2 Å². The Labute approximate surface area is 107 Å². The zero-order chi connectivity index (χ0) is 11.6. The zero-order valence-corrected chi connectivity index (χ0v) is 10.6. The topological polar surface area (TPSA) is 29.1 Å². The van der Waals surface area contributed by atoms with Gasteiger partial charge in [-0.3, -0.25) is 4.79 Å². The van der Waals surface area contributed by atoms with Crippen LogP contribution < -0.4 is 5.32 Å². The molecule has 0 unspecified atom stereocenters. The standard InChI is InChI=1S/C13H16FNO.ClH/c1-15-13(9-5-4-8-12(13)16)10-6-2-3-7-11(10)14;/h2-3,6-7,15H,4-5,8-9H2,1H3;1H/t13-;/m1./s1. The third-order valence-corrected chi connectivity index (χ3v) is 3.44. The number of benzene rings is 1. The van der Waals surface area contributed by atoms with E-state index in [4.69, 9.17) is 0 Å². The number of hydrogen-bond acceptors (Lipinski definition) is 2. The van der Waals surface area contributed by atoms with Gasteiger partial charge in [-0.1, -0.05) is 24.6 Å². The number of carbonyl (C=O) groups excluding carboxylic acids is 1. The summed E-state index contributed by atoms with van der Waals surface area (Å²) in [6.45, 7) is 0. The van der Waals surface area contributed by atoms with Gasteiger partial charge in [0.05, 0.1) is 0 Å². The Bertz CT molecular complexity index is 410. The summed E-state index contributed by atoms with van der Waals surface area (Å²) in [5.74, 6) is -0.196. The minimum atomic E-state index is -0.802. The van der Waals surface area contributed by atoms with Crippen LogP contribution in [0.5, 0.6) is 0 Å². The minimum Gasteiger partial charge on any atom is -0.304 e. The van der Waals surface area contributed by atoms with Crippen LogP contribution in [0.4, 0.5) is 4.39 Å². The molecule has 0 spiro atoms. The number of Topliss-reactive ketones (excluding diaryl/α,β-unsaturated/α-hetero) is 1. The Balaban J connectivity index is 0.00000144. The van der Waals surface area contributed by atoms with Crippen molar-refractivity contribution in [3.63, 3.8) is 0 Å². The first-order valence-corrected chi connectivity index (χ1v) is 5.68. The highest BCUT2D eigenvalue weighted by molar-refractivity contribution is 5.90. The van der Waals surface area contributed by atoms with Crippen LogP contribution in [0.3, 0.4) is 0 Å². The maximum atomic E-state index is 13.8. The van der Waals surface area contributed by atoms with Gasteiger partial charge in [-0.05, 0) is 26.0 Å². The molecule has 94 valence electrons. The van der Waals surface area contributed by atoms with Crippen LogP contribution in [0.25, 0.3) is 0 Å². The van der Waals surface area contributed by atoms with Crippen molar-refractivity contribution < 1.29 is 9.18 Å². The van der Waals surface area contributed by atoms with Crippen LogP contribution in [0, 0.1) is 5.82 Å². The Morgan fingerprint density at radius 1 is 1.29 bits per heavy atom. The van der Waals surface area contributed by atoms with Crippen molar-refractivity contribution in [2.24, 2.45) is 0 Å². The van der Waals surface area contributed by atoms with E-state index in [1.54, 1.807) is 25.2 Å². The normalized spacial score (nSPS) is 24.2. The summed E-state index contributed by atoms with van der Waals surface area (Å²) in [5, 5.41) is 3.03. The molecule has 1 saturated carbocycles. The van der Waals surface area contributed by atoms with Crippen LogP contribution in [0.15, 0.2) is 24.3 Å². The van der Waals surface area contributed by atoms with Gasteiger partial charge in [0.25, 0.3) is 0 Å². The molecule has 1 aromatic carbocycles. The van der Waals surface area contributed by atoms with Crippen molar-refractivity contribution in [1.29, 1.82) is 0 Å². The fraction of sp³-hybridized carbons (Fsp3) is 0.462. The van der Waals surface area contributed by atoms with Crippen molar-refractivity contribution in [2.75, 3.05) is 7.05 Å². The van der Waals surface area contributed by atoms with Crippen LogP contribution in [0.2, 0.25) is 0 Å². The number of rotatable bonds is 2. The quantitative estimate of drug-likeness (QED) is 0.883. The Kier molecular flexibility index (Phi) is 4.66. The van der Waals surface area contributed by atoms with Crippen LogP contribution in [0.1, 0.15) is 31.2 Å². The second kappa shape index (κ2) is 5.61. The first-order chi connectivity index (χ1) is 7.70. The molecule has 0 saturated heterocycles. The summed E-state index contributed by atoms with van der Waals surface area (Å²) in [6.07, 6.45) is 3.09. The van der Waals surface area contributed by atoms with Gasteiger partial charge in [-0.2, -0.15) is 0 Å². The maximum absolute atomic E-state index is 13.8. The highest BCUT2D eigenvalue weighted by atomic mass is 35.5. The molecule has 17 heavy (non-hydrogen) atoms. The fourth-order valence-electron chi connectivity index (χ4n) is 2.52. The van der Waals surface area contributed by atoms with Crippen molar-refractivity contribution in [3.8, 4) is 0 Å². The molecular weight excluding hydrogens is 241 g/mol. The van der Waals surface area contributed by atoms with Gasteiger partial charge in [0.1, 0.15) is 11.4 Å². The highest BCUT2D eigenvalue weighted by Crippen LogP contribution is 2.35. The number of likely N-dealkylation sites (N-methyl/N-ethyl adjacent to an activating group) is 1. The van der Waals surface area contributed by atoms with Gasteiger partial charge < -0.3 is 5.32 Å². The maximum Gasteiger partial charge on any atom is 0.157 e. The van der Waals surface area contributed by atoms with Gasteiger partial charge in [0, 0.05) is 12.0 Å². The number of carbonyl (C=O) groups is 1. The minimum absolute atomic E-state index is 0. The molecule has 0 aliphatic heterocycles. The molecule has 0 bridgehead atoms. The van der Waals surface area contributed by atoms with E-state index in [1.165, 1.54) is 6.07 Å². The lowest BCUT2D eigenvalue weighted by Gasteiger charge is -2.36. The van der Waals surface area contributed by atoms with Gasteiger partial charge in [0.15, 0.2) is 5.78 Å². The van der Waals surface area contributed by atoms with E-state index >= 15 is 0 Å². The molecule has 2 nitrogen and oxygen atoms in total. The molecular formula is C13H17ClFNO. The second-order valence-electron chi connectivity index (χ2n) is 4.27. The fourth-order valence-corrected chi connectivity index (χ4v) is 2.52. The van der Waals surface area contributed by atoms with Crippen molar-refractivity contribution in [3.05, 3.63) is 35.6 Å². The zero-order valence-electron chi connectivity index (χ0n) is 9.83. The molecule has 0 amide bonds. The van der Waals surface area contributed by atoms with E-state index in [2.05, 4.69) is 5.32 Å². The number of nitrogens with one attached hydrogen (secondary N) is 1. The van der Waals surface area contributed by atoms with Gasteiger partial charge >= 0.3 is 0 Å². The third kappa shape index (κ3) is 2.35. The van der Waals surface area contributed by atoms with Crippen LogP contribution >= 0.6 is 12.4 Å². The van der Waals surface area contributed by atoms with E-state index in [0.29, 0.717) is 18.4 Å². The average Bonchev–Trinajstić information content (AvgIpc) is 2.31. The molecule has 1 fully saturated rings. The molecule has 1 atom stereocenters. The Hall–Kier alpha value is -0.930. The lowest BCUT2D eigenvalue weighted by atomic mass is 9.75. The van der Waals surface area contributed by atoms with Gasteiger partial charge in [-0.15, -0.1) is 12.4 Å². The number of hydrogen-bond donors (Lipinski definition) is 1. The van der Waals surface area contributed by atoms with Gasteiger partial charge in [-0.25, -0.2) is 4.39 Å². The predicted octanol–water partition coefficient (Wildman–Crippen LogP) is 2.81. The Morgan fingerprint density at radius 2 is 2.00 bits per heavy atom. The summed E-state index contributed by atoms with van der Waals surface area (Å²) in [6, 6.07) is 6.54. The SMILES string of the molecule is CN[C@@]1(c2ccccc2F)CCCCC1=O.Cl. The molecule has 1 N–H and O–H groups in total. The second-order valence-corrected chi connectivity index (χ2v) is 4.27. The molecule has 0 radical (unpaired) electrons. The third-order valence-electron chi connectivity index (χ3n) is 3.44. The predicted molar refractivity (Wildman–Crippen MR) is 67.9 cm³/mol. The summed E-state index contributed by atoms with van der Waals surface area (Å²) < 4.78 is 13.8. The van der Waals surface area contributed by atoms with E-state index < -0.39 is 5.54 Å². The number of ketones is 1. The summed E-state index contributed by atoms with van der Waals surface area (Å²) >= 11 is 0. The Morgan fingerprint density at radius 3 is 2.59 bits per heavy atom. The van der Waals surface area contributed by atoms with Crippen molar-refractivity contribution in [1.82, 2.24) is 5.32 Å².